The molecule has 2 aromatic rings. The molecule has 0 spiro atoms. The normalized spacial score (nSPS) is 17.7. The lowest BCUT2D eigenvalue weighted by molar-refractivity contribution is -0.134. The molecule has 35 heavy (non-hydrogen) atoms. The van der Waals surface area contributed by atoms with E-state index >= 15 is 0 Å². The maximum Gasteiger partial charge on any atom is 0.302 e. The number of methoxy groups -OCH3 is 1. The van der Waals surface area contributed by atoms with E-state index in [0.717, 1.165) is 41.2 Å². The summed E-state index contributed by atoms with van der Waals surface area (Å²) >= 11 is 0. The van der Waals surface area contributed by atoms with Gasteiger partial charge in [-0.15, -0.1) is 6.42 Å². The topological polar surface area (TPSA) is 92.0 Å². The molecule has 8 nitrogen and oxygen atoms in total. The van der Waals surface area contributed by atoms with Crippen LogP contribution in [-0.2, 0) is 14.3 Å². The Balaban J connectivity index is 1.61. The monoisotopic (exact) mass is 475 g/mol. The van der Waals surface area contributed by atoms with Crippen molar-refractivity contribution in [2.24, 2.45) is 0 Å². The summed E-state index contributed by atoms with van der Waals surface area (Å²) in [5.41, 5.74) is 10.9. The Morgan fingerprint density at radius 3 is 2.71 bits per heavy atom. The van der Waals surface area contributed by atoms with Crippen LogP contribution in [0.1, 0.15) is 37.8 Å². The molecule has 2 N–H and O–H groups in total. The summed E-state index contributed by atoms with van der Waals surface area (Å²) in [6, 6.07) is 9.77. The number of hydrogen-bond donors (Lipinski definition) is 1. The van der Waals surface area contributed by atoms with Crippen molar-refractivity contribution in [3.05, 3.63) is 36.0 Å². The largest absolute Gasteiger partial charge is 0.396 e. The lowest BCUT2D eigenvalue weighted by Gasteiger charge is -2.41. The van der Waals surface area contributed by atoms with Crippen LogP contribution < -0.4 is 15.5 Å². The first kappa shape index (κ1) is 24.6. The fraction of sp³-hybridized carbons (Fsp3) is 0.444. The van der Waals surface area contributed by atoms with Gasteiger partial charge in [0.25, 0.3) is 0 Å². The van der Waals surface area contributed by atoms with Gasteiger partial charge in [0.2, 0.25) is 5.91 Å². The van der Waals surface area contributed by atoms with Crippen molar-refractivity contribution >= 4 is 29.0 Å². The predicted molar refractivity (Wildman–Crippen MR) is 138 cm³/mol. The number of piperazine rings is 1. The van der Waals surface area contributed by atoms with Gasteiger partial charge < -0.3 is 25.2 Å². The van der Waals surface area contributed by atoms with Gasteiger partial charge in [-0.3, -0.25) is 9.59 Å². The highest BCUT2D eigenvalue weighted by Gasteiger charge is 2.32. The first-order valence-corrected chi connectivity index (χ1v) is 12.0. The Bertz CT molecular complexity index is 1150. The zero-order valence-electron chi connectivity index (χ0n) is 20.7. The zero-order chi connectivity index (χ0) is 25.1. The Morgan fingerprint density at radius 1 is 1.29 bits per heavy atom. The summed E-state index contributed by atoms with van der Waals surface area (Å²) in [6.45, 7) is 4.47. The van der Waals surface area contributed by atoms with Crippen molar-refractivity contribution in [1.82, 2.24) is 9.88 Å². The van der Waals surface area contributed by atoms with Gasteiger partial charge in [0.1, 0.15) is 0 Å². The molecular formula is C27H33N5O3. The quantitative estimate of drug-likeness (QED) is 0.619. The highest BCUT2D eigenvalue weighted by atomic mass is 16.5. The van der Waals surface area contributed by atoms with Gasteiger partial charge >= 0.3 is 5.91 Å². The fourth-order valence-electron chi connectivity index (χ4n) is 4.63. The van der Waals surface area contributed by atoms with Gasteiger partial charge in [0, 0.05) is 57.0 Å². The van der Waals surface area contributed by atoms with E-state index in [1.54, 1.807) is 14.2 Å². The number of ether oxygens (including phenoxy) is 1. The highest BCUT2D eigenvalue weighted by molar-refractivity contribution is 6.05. The number of nitrogen functional groups attached to an aromatic ring is 1. The SMILES string of the molecule is C#CC(=O)N(C)c1cccc(-c2cc(N)c(N3CCN(C(=O)CCOC)C(C)C3)nc2C2CC2)c1. The fourth-order valence-corrected chi connectivity index (χ4v) is 4.63. The van der Waals surface area contributed by atoms with E-state index < -0.39 is 5.91 Å². The number of carbonyl (C=O) groups excluding carboxylic acids is 2. The molecule has 1 atom stereocenters. The number of nitrogens with two attached hydrogens (primary N) is 1. The third-order valence-electron chi connectivity index (χ3n) is 6.76. The van der Waals surface area contributed by atoms with Crippen LogP contribution in [0.2, 0.25) is 0 Å². The summed E-state index contributed by atoms with van der Waals surface area (Å²) in [7, 11) is 3.27. The van der Waals surface area contributed by atoms with Crippen LogP contribution in [0, 0.1) is 12.3 Å². The number of terminal acetylenes is 1. The molecule has 1 saturated carbocycles. The van der Waals surface area contributed by atoms with Gasteiger partial charge in [-0.05, 0) is 49.4 Å². The maximum atomic E-state index is 12.5. The molecule has 184 valence electrons. The van der Waals surface area contributed by atoms with Crippen molar-refractivity contribution in [2.75, 3.05) is 55.9 Å². The first-order valence-electron chi connectivity index (χ1n) is 12.0. The van der Waals surface area contributed by atoms with Crippen LogP contribution in [0.3, 0.4) is 0 Å². The number of amides is 2. The number of pyridine rings is 1. The molecule has 0 bridgehead atoms. The molecule has 8 heteroatoms. The molecule has 2 fully saturated rings. The lowest BCUT2D eigenvalue weighted by atomic mass is 9.99. The number of aromatic nitrogens is 1. The predicted octanol–water partition coefficient (Wildman–Crippen LogP) is 2.88. The van der Waals surface area contributed by atoms with Gasteiger partial charge in [-0.1, -0.05) is 12.1 Å². The van der Waals surface area contributed by atoms with Crippen LogP contribution in [0.4, 0.5) is 17.2 Å². The summed E-state index contributed by atoms with van der Waals surface area (Å²) in [4.78, 5) is 35.1. The molecule has 4 rings (SSSR count). The summed E-state index contributed by atoms with van der Waals surface area (Å²) in [6.07, 6.45) is 7.88. The summed E-state index contributed by atoms with van der Waals surface area (Å²) in [5.74, 6) is 3.05. The van der Waals surface area contributed by atoms with Crippen LogP contribution in [-0.4, -0.2) is 68.1 Å². The number of anilines is 3. The molecule has 0 radical (unpaired) electrons. The summed E-state index contributed by atoms with van der Waals surface area (Å²) in [5, 5.41) is 0. The molecule has 2 aliphatic rings. The zero-order valence-corrected chi connectivity index (χ0v) is 20.7. The molecule has 1 aromatic carbocycles. The number of benzene rings is 1. The molecule has 1 aromatic heterocycles. The molecule has 2 amide bonds. The van der Waals surface area contributed by atoms with Crippen molar-refractivity contribution in [3.63, 3.8) is 0 Å². The molecule has 1 saturated heterocycles. The van der Waals surface area contributed by atoms with E-state index in [0.29, 0.717) is 44.3 Å². The molecule has 1 aliphatic carbocycles. The van der Waals surface area contributed by atoms with Gasteiger partial charge in [-0.2, -0.15) is 0 Å². The number of carbonyl (C=O) groups is 2. The number of nitrogens with zero attached hydrogens (tertiary/aromatic N) is 4. The Labute approximate surface area is 207 Å². The van der Waals surface area contributed by atoms with Crippen LogP contribution in [0.15, 0.2) is 30.3 Å². The van der Waals surface area contributed by atoms with Crippen LogP contribution in [0.25, 0.3) is 11.1 Å². The smallest absolute Gasteiger partial charge is 0.302 e. The van der Waals surface area contributed by atoms with Gasteiger partial charge in [0.15, 0.2) is 5.82 Å². The third kappa shape index (κ3) is 5.25. The molecule has 1 unspecified atom stereocenters. The van der Waals surface area contributed by atoms with Gasteiger partial charge in [0.05, 0.1) is 24.4 Å². The minimum Gasteiger partial charge on any atom is -0.396 e. The number of rotatable bonds is 7. The first-order chi connectivity index (χ1) is 16.8. The lowest BCUT2D eigenvalue weighted by Crippen LogP contribution is -2.54. The van der Waals surface area contributed by atoms with Crippen molar-refractivity contribution in [3.8, 4) is 23.5 Å². The standard InChI is InChI=1S/C27H33N5O3/c1-5-24(33)30(3)21-8-6-7-20(15-21)22-16-23(28)27(29-26(22)19-9-10-19)31-12-13-32(18(2)17-31)25(34)11-14-35-4/h1,6-8,15-16,18-19H,9-14,17,28H2,2-4H3. The van der Waals surface area contributed by atoms with Crippen LogP contribution in [0.5, 0.6) is 0 Å². The Morgan fingerprint density at radius 2 is 2.06 bits per heavy atom. The second-order valence-corrected chi connectivity index (χ2v) is 9.29. The second-order valence-electron chi connectivity index (χ2n) is 9.29. The number of hydrogen-bond acceptors (Lipinski definition) is 6. The van der Waals surface area contributed by atoms with E-state index in [9.17, 15) is 9.59 Å². The highest BCUT2D eigenvalue weighted by Crippen LogP contribution is 2.45. The third-order valence-corrected chi connectivity index (χ3v) is 6.76. The van der Waals surface area contributed by atoms with E-state index in [1.165, 1.54) is 4.90 Å². The van der Waals surface area contributed by atoms with Crippen molar-refractivity contribution in [2.45, 2.75) is 38.1 Å². The van der Waals surface area contributed by atoms with Crippen LogP contribution >= 0.6 is 0 Å². The average Bonchev–Trinajstić information content (AvgIpc) is 3.71. The second kappa shape index (κ2) is 10.4. The van der Waals surface area contributed by atoms with Crippen molar-refractivity contribution in [1.29, 1.82) is 0 Å². The van der Waals surface area contributed by atoms with E-state index in [-0.39, 0.29) is 11.9 Å². The van der Waals surface area contributed by atoms with E-state index in [1.807, 2.05) is 35.2 Å². The van der Waals surface area contributed by atoms with E-state index in [2.05, 4.69) is 17.7 Å². The molecule has 1 aliphatic heterocycles. The molecule has 2 heterocycles. The summed E-state index contributed by atoms with van der Waals surface area (Å²) < 4.78 is 5.06. The average molecular weight is 476 g/mol. The Hall–Kier alpha value is -3.57. The van der Waals surface area contributed by atoms with Gasteiger partial charge in [-0.25, -0.2) is 4.98 Å². The van der Waals surface area contributed by atoms with E-state index in [4.69, 9.17) is 21.9 Å². The van der Waals surface area contributed by atoms with Crippen molar-refractivity contribution < 1.29 is 14.3 Å². The minimum atomic E-state index is -0.397. The maximum absolute atomic E-state index is 12.5. The Kier molecular flexibility index (Phi) is 7.27. The minimum absolute atomic E-state index is 0.0549. The molecular weight excluding hydrogens is 442 g/mol.